The largest absolute Gasteiger partial charge is 0.344 e. The maximum atomic E-state index is 7.45. The standard InChI is InChI=1S/C52H60ClN2/c1-36(2)28-34-54-44-24-20-38-14-6-8-16-42(38)48(44)51(30-10-5-11-31-51)46(54)26-22-40-18-19-41(50(40)53)23-27-47-52(32-12-13-33-52)49-43-17-9-7-15-39(43)21-25-45(49)55(47)35-29-37(3)4/h6-9,14-17,20-27,36-37H,5,10-13,18-19,28-35H2,1-4H3/q+1. The first kappa shape index (κ1) is 36.7. The Balaban J connectivity index is 1.11. The number of anilines is 1. The first-order valence-electron chi connectivity index (χ1n) is 21.8. The quantitative estimate of drug-likeness (QED) is 0.155. The molecule has 2 saturated carbocycles. The van der Waals surface area contributed by atoms with Crippen LogP contribution in [-0.4, -0.2) is 23.4 Å². The number of nitrogens with zero attached hydrogens (tertiary/aromatic N) is 2. The molecule has 3 heteroatoms. The van der Waals surface area contributed by atoms with Crippen LogP contribution in [0.15, 0.2) is 119 Å². The van der Waals surface area contributed by atoms with Crippen molar-refractivity contribution in [3.63, 3.8) is 0 Å². The van der Waals surface area contributed by atoms with Gasteiger partial charge in [0.05, 0.1) is 5.41 Å². The molecular formula is C52H60ClN2+. The lowest BCUT2D eigenvalue weighted by Crippen LogP contribution is -2.37. The fourth-order valence-electron chi connectivity index (χ4n) is 11.3. The lowest BCUT2D eigenvalue weighted by molar-refractivity contribution is -0.439. The number of benzene rings is 4. The van der Waals surface area contributed by atoms with E-state index >= 15 is 0 Å². The molecule has 3 aliphatic carbocycles. The summed E-state index contributed by atoms with van der Waals surface area (Å²) in [6.07, 6.45) is 25.6. The summed E-state index contributed by atoms with van der Waals surface area (Å²) in [6.45, 7) is 11.6. The average molecular weight is 749 g/mol. The van der Waals surface area contributed by atoms with Crippen LogP contribution in [0.3, 0.4) is 0 Å². The van der Waals surface area contributed by atoms with E-state index in [2.05, 4.69) is 134 Å². The average Bonchev–Trinajstić information content (AvgIpc) is 3.95. The van der Waals surface area contributed by atoms with Crippen molar-refractivity contribution in [3.05, 3.63) is 130 Å². The highest BCUT2D eigenvalue weighted by Gasteiger charge is 2.52. The molecule has 0 unspecified atom stereocenters. The van der Waals surface area contributed by atoms with Crippen molar-refractivity contribution >= 4 is 50.2 Å². The summed E-state index contributed by atoms with van der Waals surface area (Å²) in [5.74, 6) is 1.31. The summed E-state index contributed by atoms with van der Waals surface area (Å²) < 4.78 is 2.71. The fourth-order valence-corrected chi connectivity index (χ4v) is 11.6. The van der Waals surface area contributed by atoms with E-state index in [1.165, 1.54) is 126 Å². The molecule has 2 spiro atoms. The number of fused-ring (bicyclic) bond motifs is 8. The van der Waals surface area contributed by atoms with Crippen molar-refractivity contribution in [2.45, 2.75) is 122 Å². The molecule has 0 radical (unpaired) electrons. The van der Waals surface area contributed by atoms with Gasteiger partial charge in [-0.15, -0.1) is 0 Å². The Bertz CT molecular complexity index is 2280. The van der Waals surface area contributed by atoms with Gasteiger partial charge in [0.15, 0.2) is 5.71 Å². The van der Waals surface area contributed by atoms with E-state index in [-0.39, 0.29) is 10.8 Å². The Kier molecular flexibility index (Phi) is 9.95. The molecule has 2 fully saturated rings. The Hall–Kier alpha value is -3.88. The van der Waals surface area contributed by atoms with Gasteiger partial charge < -0.3 is 4.90 Å². The highest BCUT2D eigenvalue weighted by Crippen LogP contribution is 2.59. The van der Waals surface area contributed by atoms with Crippen LogP contribution in [0.2, 0.25) is 0 Å². The molecule has 0 amide bonds. The summed E-state index contributed by atoms with van der Waals surface area (Å²) in [6, 6.07) is 27.7. The molecule has 2 aliphatic heterocycles. The number of rotatable bonds is 9. The van der Waals surface area contributed by atoms with Gasteiger partial charge in [-0.1, -0.05) is 138 Å². The predicted octanol–water partition coefficient (Wildman–Crippen LogP) is 14.4. The van der Waals surface area contributed by atoms with Crippen LogP contribution in [0.4, 0.5) is 11.4 Å². The number of halogens is 1. The Morgan fingerprint density at radius 2 is 1.31 bits per heavy atom. The molecule has 0 N–H and O–H groups in total. The predicted molar refractivity (Wildman–Crippen MR) is 236 cm³/mol. The lowest BCUT2D eigenvalue weighted by atomic mass is 9.66. The second kappa shape index (κ2) is 14.9. The van der Waals surface area contributed by atoms with Gasteiger partial charge in [-0.3, -0.25) is 0 Å². The van der Waals surface area contributed by atoms with Gasteiger partial charge in [-0.25, -0.2) is 0 Å². The van der Waals surface area contributed by atoms with E-state index in [4.69, 9.17) is 11.6 Å². The van der Waals surface area contributed by atoms with Crippen molar-refractivity contribution in [2.24, 2.45) is 11.8 Å². The Labute approximate surface area is 335 Å². The SMILES string of the molecule is CC(C)CCN1C(=CC=C2CCC(C=CC3=[N+](CCC(C)C)c4ccc5ccccc5c4C34CCCCC4)=C2Cl)C2(CCCC2)c2c1ccc1ccccc21. The van der Waals surface area contributed by atoms with Crippen LogP contribution < -0.4 is 4.90 Å². The zero-order valence-corrected chi connectivity index (χ0v) is 34.5. The van der Waals surface area contributed by atoms with Crippen LogP contribution in [0.1, 0.15) is 122 Å². The van der Waals surface area contributed by atoms with Crippen LogP contribution in [0.25, 0.3) is 21.5 Å². The number of hydrogen-bond donors (Lipinski definition) is 0. The summed E-state index contributed by atoms with van der Waals surface area (Å²) >= 11 is 7.45. The zero-order chi connectivity index (χ0) is 37.7. The molecule has 4 aromatic rings. The van der Waals surface area contributed by atoms with Crippen LogP contribution in [-0.2, 0) is 10.8 Å². The molecule has 0 saturated heterocycles. The number of allylic oxidation sites excluding steroid dienone is 8. The van der Waals surface area contributed by atoms with Gasteiger partial charge in [-0.05, 0) is 113 Å². The molecular weight excluding hydrogens is 688 g/mol. The highest BCUT2D eigenvalue weighted by atomic mass is 35.5. The molecule has 0 aromatic heterocycles. The maximum absolute atomic E-state index is 7.45. The van der Waals surface area contributed by atoms with Crippen LogP contribution in [0, 0.1) is 11.8 Å². The zero-order valence-electron chi connectivity index (χ0n) is 33.8. The first-order valence-corrected chi connectivity index (χ1v) is 22.1. The molecule has 0 bridgehead atoms. The first-order chi connectivity index (χ1) is 26.8. The van der Waals surface area contributed by atoms with E-state index in [9.17, 15) is 0 Å². The molecule has 5 aliphatic rings. The smallest absolute Gasteiger partial charge is 0.210 e. The normalized spacial score (nSPS) is 21.8. The van der Waals surface area contributed by atoms with Crippen LogP contribution >= 0.6 is 11.6 Å². The van der Waals surface area contributed by atoms with E-state index in [0.717, 1.165) is 31.0 Å². The summed E-state index contributed by atoms with van der Waals surface area (Å²) in [5.41, 5.74) is 11.8. The van der Waals surface area contributed by atoms with Gasteiger partial charge in [0.25, 0.3) is 0 Å². The summed E-state index contributed by atoms with van der Waals surface area (Å²) in [5, 5.41) is 6.59. The lowest BCUT2D eigenvalue weighted by Gasteiger charge is -2.32. The third-order valence-electron chi connectivity index (χ3n) is 14.1. The van der Waals surface area contributed by atoms with E-state index in [1.54, 1.807) is 11.1 Å². The van der Waals surface area contributed by atoms with Crippen molar-refractivity contribution in [3.8, 4) is 0 Å². The van der Waals surface area contributed by atoms with Gasteiger partial charge in [0.1, 0.15) is 6.54 Å². The molecule has 0 atom stereocenters. The number of hydrogen-bond acceptors (Lipinski definition) is 1. The van der Waals surface area contributed by atoms with E-state index in [0.29, 0.717) is 11.8 Å². The van der Waals surface area contributed by atoms with Crippen molar-refractivity contribution < 1.29 is 4.58 Å². The minimum Gasteiger partial charge on any atom is -0.344 e. The second-order valence-corrected chi connectivity index (χ2v) is 18.6. The molecule has 284 valence electrons. The maximum Gasteiger partial charge on any atom is 0.210 e. The third-order valence-corrected chi connectivity index (χ3v) is 14.5. The second-order valence-electron chi connectivity index (χ2n) is 18.3. The monoisotopic (exact) mass is 747 g/mol. The Morgan fingerprint density at radius 3 is 2.02 bits per heavy atom. The van der Waals surface area contributed by atoms with Crippen molar-refractivity contribution in [2.75, 3.05) is 18.0 Å². The molecule has 9 rings (SSSR count). The van der Waals surface area contributed by atoms with Crippen molar-refractivity contribution in [1.29, 1.82) is 0 Å². The van der Waals surface area contributed by atoms with E-state index in [1.807, 2.05) is 0 Å². The van der Waals surface area contributed by atoms with Crippen LogP contribution in [0.5, 0.6) is 0 Å². The molecule has 2 heterocycles. The molecule has 55 heavy (non-hydrogen) atoms. The summed E-state index contributed by atoms with van der Waals surface area (Å²) in [7, 11) is 0. The van der Waals surface area contributed by atoms with Crippen molar-refractivity contribution in [1.82, 2.24) is 0 Å². The van der Waals surface area contributed by atoms with Gasteiger partial charge in [0.2, 0.25) is 5.69 Å². The van der Waals surface area contributed by atoms with E-state index < -0.39 is 0 Å². The fraction of sp³-hybridized carbons (Fsp3) is 0.442. The topological polar surface area (TPSA) is 6.25 Å². The van der Waals surface area contributed by atoms with Gasteiger partial charge in [-0.2, -0.15) is 4.58 Å². The minimum atomic E-state index is 0.0628. The van der Waals surface area contributed by atoms with Gasteiger partial charge in [0, 0.05) is 52.5 Å². The Morgan fingerprint density at radius 1 is 0.673 bits per heavy atom. The molecule has 2 nitrogen and oxygen atoms in total. The minimum absolute atomic E-state index is 0.0628. The third kappa shape index (κ3) is 6.26. The van der Waals surface area contributed by atoms with Gasteiger partial charge >= 0.3 is 0 Å². The molecule has 4 aromatic carbocycles. The summed E-state index contributed by atoms with van der Waals surface area (Å²) in [4.78, 5) is 2.70. The highest BCUT2D eigenvalue weighted by molar-refractivity contribution is 6.33.